The SMILES string of the molecule is CCc1ncnc(N2CCC(C)(C(=O)O)CC2)c1F. The molecule has 0 aliphatic carbocycles. The smallest absolute Gasteiger partial charge is 0.309 e. The van der Waals surface area contributed by atoms with Crippen LogP contribution in [0.1, 0.15) is 32.4 Å². The molecule has 0 unspecified atom stereocenters. The number of aliphatic carboxylic acids is 1. The number of halogens is 1. The van der Waals surface area contributed by atoms with E-state index in [4.69, 9.17) is 0 Å². The monoisotopic (exact) mass is 267 g/mol. The van der Waals surface area contributed by atoms with E-state index < -0.39 is 11.4 Å². The van der Waals surface area contributed by atoms with Gasteiger partial charge in [-0.2, -0.15) is 0 Å². The molecule has 1 saturated heterocycles. The predicted molar refractivity (Wildman–Crippen MR) is 68.6 cm³/mol. The van der Waals surface area contributed by atoms with Crippen molar-refractivity contribution in [3.63, 3.8) is 0 Å². The molecule has 2 rings (SSSR count). The van der Waals surface area contributed by atoms with Gasteiger partial charge >= 0.3 is 5.97 Å². The van der Waals surface area contributed by atoms with Gasteiger partial charge in [-0.15, -0.1) is 0 Å². The van der Waals surface area contributed by atoms with E-state index in [9.17, 15) is 14.3 Å². The summed E-state index contributed by atoms with van der Waals surface area (Å²) in [4.78, 5) is 20.9. The lowest BCUT2D eigenvalue weighted by molar-refractivity contribution is -0.149. The Labute approximate surface area is 111 Å². The number of hydrogen-bond donors (Lipinski definition) is 1. The lowest BCUT2D eigenvalue weighted by Crippen LogP contribution is -2.43. The molecular formula is C13H18FN3O2. The molecule has 5 nitrogen and oxygen atoms in total. The van der Waals surface area contributed by atoms with E-state index in [1.807, 2.05) is 6.92 Å². The second-order valence-corrected chi connectivity index (χ2v) is 5.16. The summed E-state index contributed by atoms with van der Waals surface area (Å²) in [5.41, 5.74) is -0.315. The van der Waals surface area contributed by atoms with Gasteiger partial charge in [0.1, 0.15) is 6.33 Å². The molecule has 2 heterocycles. The highest BCUT2D eigenvalue weighted by Gasteiger charge is 2.37. The molecule has 0 spiro atoms. The Hall–Kier alpha value is -1.72. The van der Waals surface area contributed by atoms with E-state index in [-0.39, 0.29) is 5.82 Å². The van der Waals surface area contributed by atoms with Crippen LogP contribution in [0, 0.1) is 11.2 Å². The first-order chi connectivity index (χ1) is 8.98. The van der Waals surface area contributed by atoms with Gasteiger partial charge in [-0.05, 0) is 26.2 Å². The van der Waals surface area contributed by atoms with E-state index in [1.165, 1.54) is 6.33 Å². The second kappa shape index (κ2) is 5.11. The molecule has 0 radical (unpaired) electrons. The molecule has 19 heavy (non-hydrogen) atoms. The number of aromatic nitrogens is 2. The van der Waals surface area contributed by atoms with Crippen molar-refractivity contribution in [3.05, 3.63) is 17.8 Å². The van der Waals surface area contributed by atoms with E-state index >= 15 is 0 Å². The van der Waals surface area contributed by atoms with Gasteiger partial charge in [-0.3, -0.25) is 4.79 Å². The molecule has 1 aliphatic rings. The molecule has 104 valence electrons. The molecule has 1 fully saturated rings. The fourth-order valence-corrected chi connectivity index (χ4v) is 2.29. The van der Waals surface area contributed by atoms with Crippen LogP contribution in [0.25, 0.3) is 0 Å². The van der Waals surface area contributed by atoms with Crippen LogP contribution in [-0.2, 0) is 11.2 Å². The Balaban J connectivity index is 2.16. The van der Waals surface area contributed by atoms with Crippen LogP contribution in [0.3, 0.4) is 0 Å². The third-order valence-corrected chi connectivity index (χ3v) is 3.86. The molecule has 6 heteroatoms. The average Bonchev–Trinajstić information content (AvgIpc) is 2.40. The molecule has 1 aliphatic heterocycles. The minimum absolute atomic E-state index is 0.291. The minimum atomic E-state index is -0.787. The Morgan fingerprint density at radius 2 is 2.11 bits per heavy atom. The second-order valence-electron chi connectivity index (χ2n) is 5.16. The molecule has 1 N–H and O–H groups in total. The number of hydrogen-bond acceptors (Lipinski definition) is 4. The zero-order valence-corrected chi connectivity index (χ0v) is 11.2. The standard InChI is InChI=1S/C13H18FN3O2/c1-3-9-10(14)11(16-8-15-9)17-6-4-13(2,5-7-17)12(18)19/h8H,3-7H2,1-2H3,(H,18,19). The number of carboxylic acid groups (broad SMARTS) is 1. The van der Waals surface area contributed by atoms with Crippen molar-refractivity contribution in [1.29, 1.82) is 0 Å². The average molecular weight is 267 g/mol. The fraction of sp³-hybridized carbons (Fsp3) is 0.615. The summed E-state index contributed by atoms with van der Waals surface area (Å²) in [6, 6.07) is 0. The lowest BCUT2D eigenvalue weighted by atomic mass is 9.80. The van der Waals surface area contributed by atoms with Crippen molar-refractivity contribution < 1.29 is 14.3 Å². The maximum atomic E-state index is 14.1. The number of anilines is 1. The van der Waals surface area contributed by atoms with Gasteiger partial charge in [-0.1, -0.05) is 6.92 Å². The van der Waals surface area contributed by atoms with Crippen molar-refractivity contribution in [3.8, 4) is 0 Å². The van der Waals surface area contributed by atoms with Gasteiger partial charge in [0.15, 0.2) is 11.6 Å². The molecule has 0 atom stereocenters. The Kier molecular flexibility index (Phi) is 3.68. The van der Waals surface area contributed by atoms with Crippen molar-refractivity contribution in [2.24, 2.45) is 5.41 Å². The van der Waals surface area contributed by atoms with Gasteiger partial charge in [-0.25, -0.2) is 14.4 Å². The Morgan fingerprint density at radius 3 is 2.63 bits per heavy atom. The number of aryl methyl sites for hydroxylation is 1. The summed E-state index contributed by atoms with van der Waals surface area (Å²) in [6.45, 7) is 4.58. The quantitative estimate of drug-likeness (QED) is 0.905. The molecule has 0 saturated carbocycles. The normalized spacial score (nSPS) is 18.4. The molecule has 0 amide bonds. The third-order valence-electron chi connectivity index (χ3n) is 3.86. The van der Waals surface area contributed by atoms with Crippen molar-refractivity contribution in [2.75, 3.05) is 18.0 Å². The highest BCUT2D eigenvalue weighted by Crippen LogP contribution is 2.33. The Bertz CT molecular complexity index is 485. The maximum Gasteiger partial charge on any atom is 0.309 e. The summed E-state index contributed by atoms with van der Waals surface area (Å²) < 4.78 is 14.1. The topological polar surface area (TPSA) is 66.3 Å². The number of rotatable bonds is 3. The molecule has 1 aromatic heterocycles. The van der Waals surface area contributed by atoms with Crippen LogP contribution in [0.5, 0.6) is 0 Å². The Morgan fingerprint density at radius 1 is 1.47 bits per heavy atom. The zero-order chi connectivity index (χ0) is 14.0. The van der Waals surface area contributed by atoms with E-state index in [0.717, 1.165) is 0 Å². The summed E-state index contributed by atoms with van der Waals surface area (Å²) >= 11 is 0. The number of nitrogens with zero attached hydrogens (tertiary/aromatic N) is 3. The highest BCUT2D eigenvalue weighted by molar-refractivity contribution is 5.74. The molecule has 0 bridgehead atoms. The summed E-state index contributed by atoms with van der Waals surface area (Å²) in [5, 5.41) is 9.17. The minimum Gasteiger partial charge on any atom is -0.481 e. The lowest BCUT2D eigenvalue weighted by Gasteiger charge is -2.37. The van der Waals surface area contributed by atoms with E-state index in [1.54, 1.807) is 11.8 Å². The number of carboxylic acids is 1. The first-order valence-electron chi connectivity index (χ1n) is 6.45. The fourth-order valence-electron chi connectivity index (χ4n) is 2.29. The van der Waals surface area contributed by atoms with Crippen molar-refractivity contribution in [2.45, 2.75) is 33.1 Å². The maximum absolute atomic E-state index is 14.1. The zero-order valence-electron chi connectivity index (χ0n) is 11.2. The summed E-state index contributed by atoms with van der Waals surface area (Å²) in [7, 11) is 0. The van der Waals surface area contributed by atoms with E-state index in [0.29, 0.717) is 43.9 Å². The predicted octanol–water partition coefficient (Wildman–Crippen LogP) is 1.87. The van der Waals surface area contributed by atoms with Gasteiger partial charge in [0, 0.05) is 13.1 Å². The molecule has 1 aromatic rings. The van der Waals surface area contributed by atoms with Crippen LogP contribution in [-0.4, -0.2) is 34.1 Å². The molecule has 0 aromatic carbocycles. The van der Waals surface area contributed by atoms with Crippen LogP contribution in [0.4, 0.5) is 10.2 Å². The van der Waals surface area contributed by atoms with Crippen molar-refractivity contribution in [1.82, 2.24) is 9.97 Å². The van der Waals surface area contributed by atoms with Crippen molar-refractivity contribution >= 4 is 11.8 Å². The van der Waals surface area contributed by atoms with Crippen LogP contribution < -0.4 is 4.90 Å². The molecular weight excluding hydrogens is 249 g/mol. The van der Waals surface area contributed by atoms with Crippen LogP contribution in [0.15, 0.2) is 6.33 Å². The first-order valence-corrected chi connectivity index (χ1v) is 6.45. The van der Waals surface area contributed by atoms with Gasteiger partial charge in [0.25, 0.3) is 0 Å². The van der Waals surface area contributed by atoms with Crippen LogP contribution >= 0.6 is 0 Å². The highest BCUT2D eigenvalue weighted by atomic mass is 19.1. The van der Waals surface area contributed by atoms with Gasteiger partial charge in [0.05, 0.1) is 11.1 Å². The van der Waals surface area contributed by atoms with E-state index in [2.05, 4.69) is 9.97 Å². The first kappa shape index (κ1) is 13.7. The van der Waals surface area contributed by atoms with Gasteiger partial charge in [0.2, 0.25) is 0 Å². The van der Waals surface area contributed by atoms with Crippen LogP contribution in [0.2, 0.25) is 0 Å². The number of carbonyl (C=O) groups is 1. The summed E-state index contributed by atoms with van der Waals surface area (Å²) in [5.74, 6) is -0.882. The van der Waals surface area contributed by atoms with Gasteiger partial charge < -0.3 is 10.0 Å². The largest absolute Gasteiger partial charge is 0.481 e. The third kappa shape index (κ3) is 2.52. The summed E-state index contributed by atoms with van der Waals surface area (Å²) in [6.07, 6.45) is 2.87. The number of piperidine rings is 1.